The van der Waals surface area contributed by atoms with Gasteiger partial charge in [0.2, 0.25) is 5.91 Å². The summed E-state index contributed by atoms with van der Waals surface area (Å²) >= 11 is 0. The third-order valence-corrected chi connectivity index (χ3v) is 3.15. The average molecular weight is 272 g/mol. The highest BCUT2D eigenvalue weighted by Crippen LogP contribution is 2.11. The van der Waals surface area contributed by atoms with Gasteiger partial charge in [0.15, 0.2) is 5.78 Å². The lowest BCUT2D eigenvalue weighted by atomic mass is 10.2. The molecule has 1 aromatic rings. The third-order valence-electron chi connectivity index (χ3n) is 1.93. The quantitative estimate of drug-likeness (QED) is 0.539. The van der Waals surface area contributed by atoms with Crippen LogP contribution in [0.1, 0.15) is 17.3 Å². The number of primary amides is 1. The summed E-state index contributed by atoms with van der Waals surface area (Å²) in [4.78, 5) is 27.5. The Kier molecular flexibility index (Phi) is 4.54. The zero-order valence-electron chi connectivity index (χ0n) is 9.54. The molecule has 7 nitrogen and oxygen atoms in total. The van der Waals surface area contributed by atoms with E-state index in [1.165, 1.54) is 31.2 Å². The summed E-state index contributed by atoms with van der Waals surface area (Å²) in [5.41, 5.74) is 5.04. The summed E-state index contributed by atoms with van der Waals surface area (Å²) in [6.07, 6.45) is 0. The molecule has 0 unspecified atom stereocenters. The normalized spacial score (nSPS) is 11.2. The molecule has 98 valence electrons. The maximum Gasteiger partial charge on any atom is 0.262 e. The van der Waals surface area contributed by atoms with E-state index in [1.807, 2.05) is 0 Å². The Balaban J connectivity index is 2.88. The van der Waals surface area contributed by atoms with Crippen LogP contribution in [0.4, 0.5) is 0 Å². The minimum Gasteiger partial charge on any atom is -0.368 e. The van der Waals surface area contributed by atoms with Crippen molar-refractivity contribution in [3.05, 3.63) is 29.8 Å². The lowest BCUT2D eigenvalue weighted by Gasteiger charge is -2.06. The topological polar surface area (TPSA) is 116 Å². The van der Waals surface area contributed by atoms with Crippen LogP contribution in [0.2, 0.25) is 0 Å². The Labute approximate surface area is 104 Å². The molecule has 8 heteroatoms. The van der Waals surface area contributed by atoms with E-state index in [0.717, 1.165) is 0 Å². The van der Waals surface area contributed by atoms with E-state index in [2.05, 4.69) is 4.84 Å². The number of carbonyl (C=O) groups is 2. The number of sulfonamides is 1. The summed E-state index contributed by atoms with van der Waals surface area (Å²) in [5.74, 6) is -1.07. The second-order valence-corrected chi connectivity index (χ2v) is 5.07. The van der Waals surface area contributed by atoms with Crippen LogP contribution in [0, 0.1) is 0 Å². The van der Waals surface area contributed by atoms with Crippen LogP contribution < -0.4 is 10.6 Å². The second kappa shape index (κ2) is 5.71. The van der Waals surface area contributed by atoms with Gasteiger partial charge in [-0.05, 0) is 19.1 Å². The van der Waals surface area contributed by atoms with Crippen LogP contribution in [0.25, 0.3) is 0 Å². The van der Waals surface area contributed by atoms with Crippen LogP contribution in [-0.4, -0.2) is 26.7 Å². The van der Waals surface area contributed by atoms with Gasteiger partial charge in [-0.1, -0.05) is 17.0 Å². The number of nitrogens with one attached hydrogen (secondary N) is 1. The predicted molar refractivity (Wildman–Crippen MR) is 61.9 cm³/mol. The molecule has 18 heavy (non-hydrogen) atoms. The fourth-order valence-corrected chi connectivity index (χ4v) is 1.96. The van der Waals surface area contributed by atoms with E-state index >= 15 is 0 Å². The van der Waals surface area contributed by atoms with Gasteiger partial charge in [0.1, 0.15) is 6.61 Å². The van der Waals surface area contributed by atoms with Crippen LogP contribution in [0.15, 0.2) is 29.2 Å². The van der Waals surface area contributed by atoms with Crippen molar-refractivity contribution >= 4 is 21.7 Å². The van der Waals surface area contributed by atoms with Gasteiger partial charge in [0.25, 0.3) is 10.0 Å². The minimum atomic E-state index is -3.94. The molecule has 0 fully saturated rings. The van der Waals surface area contributed by atoms with Gasteiger partial charge in [-0.15, -0.1) is 0 Å². The fourth-order valence-electron chi connectivity index (χ4n) is 1.11. The molecule has 1 rings (SSSR count). The van der Waals surface area contributed by atoms with Gasteiger partial charge >= 0.3 is 0 Å². The number of hydrogen-bond donors (Lipinski definition) is 2. The van der Waals surface area contributed by atoms with E-state index in [1.54, 1.807) is 4.89 Å². The van der Waals surface area contributed by atoms with E-state index in [4.69, 9.17) is 5.73 Å². The van der Waals surface area contributed by atoms with Crippen molar-refractivity contribution in [1.82, 2.24) is 4.89 Å². The number of amides is 1. The Morgan fingerprint density at radius 2 is 2.06 bits per heavy atom. The summed E-state index contributed by atoms with van der Waals surface area (Å²) in [6, 6.07) is 5.42. The zero-order valence-corrected chi connectivity index (χ0v) is 10.4. The summed E-state index contributed by atoms with van der Waals surface area (Å²) in [7, 11) is -3.94. The van der Waals surface area contributed by atoms with Gasteiger partial charge in [-0.25, -0.2) is 8.42 Å². The molecule has 3 N–H and O–H groups in total. The van der Waals surface area contributed by atoms with Crippen molar-refractivity contribution in [2.24, 2.45) is 5.73 Å². The summed E-state index contributed by atoms with van der Waals surface area (Å²) < 4.78 is 23.4. The number of ketones is 1. The first-order valence-electron chi connectivity index (χ1n) is 4.86. The molecule has 1 amide bonds. The largest absolute Gasteiger partial charge is 0.368 e. The van der Waals surface area contributed by atoms with Crippen LogP contribution >= 0.6 is 0 Å². The second-order valence-electron chi connectivity index (χ2n) is 3.43. The highest BCUT2D eigenvalue weighted by atomic mass is 32.2. The Bertz CT molecular complexity index is 567. The molecule has 0 aliphatic rings. The number of nitrogens with two attached hydrogens (primary N) is 1. The van der Waals surface area contributed by atoms with Crippen molar-refractivity contribution in [2.75, 3.05) is 6.61 Å². The lowest BCUT2D eigenvalue weighted by molar-refractivity contribution is -0.123. The van der Waals surface area contributed by atoms with Gasteiger partial charge in [0, 0.05) is 5.56 Å². The van der Waals surface area contributed by atoms with Crippen LogP contribution in [-0.2, 0) is 19.7 Å². The number of carbonyl (C=O) groups excluding carboxylic acids is 2. The molecule has 0 bridgehead atoms. The smallest absolute Gasteiger partial charge is 0.262 e. The summed E-state index contributed by atoms with van der Waals surface area (Å²) in [5, 5.41) is 0. The maximum atomic E-state index is 11.7. The molecule has 0 radical (unpaired) electrons. The third kappa shape index (κ3) is 3.91. The first-order chi connectivity index (χ1) is 8.33. The van der Waals surface area contributed by atoms with E-state index in [0.29, 0.717) is 0 Å². The number of Topliss-reactive ketones (excluding diaryl/α,β-unsaturated/α-hetero) is 1. The number of hydrogen-bond acceptors (Lipinski definition) is 5. The highest BCUT2D eigenvalue weighted by molar-refractivity contribution is 7.89. The molecular formula is C10H12N2O5S. The number of benzene rings is 1. The lowest BCUT2D eigenvalue weighted by Crippen LogP contribution is -2.29. The Hall–Kier alpha value is -1.77. The Morgan fingerprint density at radius 3 is 2.61 bits per heavy atom. The number of rotatable bonds is 6. The summed E-state index contributed by atoms with van der Waals surface area (Å²) in [6.45, 7) is 0.744. The first kappa shape index (κ1) is 14.3. The van der Waals surface area contributed by atoms with Crippen molar-refractivity contribution < 1.29 is 22.8 Å². The molecule has 0 saturated carbocycles. The maximum absolute atomic E-state index is 11.7. The van der Waals surface area contributed by atoms with E-state index in [-0.39, 0.29) is 16.2 Å². The van der Waals surface area contributed by atoms with Gasteiger partial charge in [-0.3, -0.25) is 14.4 Å². The monoisotopic (exact) mass is 272 g/mol. The SMILES string of the molecule is CC(=O)c1cccc(S(=O)(=O)NOCC(N)=O)c1. The minimum absolute atomic E-state index is 0.139. The van der Waals surface area contributed by atoms with Crippen LogP contribution in [0.3, 0.4) is 0 Å². The van der Waals surface area contributed by atoms with E-state index < -0.39 is 22.5 Å². The van der Waals surface area contributed by atoms with Crippen molar-refractivity contribution in [3.8, 4) is 0 Å². The van der Waals surface area contributed by atoms with Gasteiger partial charge in [0.05, 0.1) is 4.90 Å². The highest BCUT2D eigenvalue weighted by Gasteiger charge is 2.15. The average Bonchev–Trinajstić information content (AvgIpc) is 2.28. The fraction of sp³-hybridized carbons (Fsp3) is 0.200. The molecule has 0 spiro atoms. The molecule has 0 heterocycles. The molecule has 0 aliphatic carbocycles. The molecular weight excluding hydrogens is 260 g/mol. The molecule has 0 saturated heterocycles. The first-order valence-corrected chi connectivity index (χ1v) is 6.34. The predicted octanol–water partition coefficient (Wildman–Crippen LogP) is -0.416. The Morgan fingerprint density at radius 1 is 1.39 bits per heavy atom. The van der Waals surface area contributed by atoms with Crippen LogP contribution in [0.5, 0.6) is 0 Å². The molecule has 0 aliphatic heterocycles. The molecule has 0 aromatic heterocycles. The molecule has 0 atom stereocenters. The van der Waals surface area contributed by atoms with Crippen molar-refractivity contribution in [3.63, 3.8) is 0 Å². The van der Waals surface area contributed by atoms with Crippen molar-refractivity contribution in [1.29, 1.82) is 0 Å². The van der Waals surface area contributed by atoms with E-state index in [9.17, 15) is 18.0 Å². The standard InChI is InChI=1S/C10H12N2O5S/c1-7(13)8-3-2-4-9(5-8)18(15,16)12-17-6-10(11)14/h2-5,12H,6H2,1H3,(H2,11,14). The molecule has 1 aromatic carbocycles. The van der Waals surface area contributed by atoms with Gasteiger partial charge in [-0.2, -0.15) is 0 Å². The van der Waals surface area contributed by atoms with Crippen molar-refractivity contribution in [2.45, 2.75) is 11.8 Å². The zero-order chi connectivity index (χ0) is 13.8. The van der Waals surface area contributed by atoms with Gasteiger partial charge < -0.3 is 5.73 Å².